The minimum Gasteiger partial charge on any atom is -0.478 e. The zero-order chi connectivity index (χ0) is 13.4. The highest BCUT2D eigenvalue weighted by atomic mass is 19.1. The lowest BCUT2D eigenvalue weighted by molar-refractivity contribution is 0.0696. The lowest BCUT2D eigenvalue weighted by atomic mass is 10.2. The first-order chi connectivity index (χ1) is 9.15. The molecule has 2 N–H and O–H groups in total. The molecule has 0 atom stereocenters. The maximum atomic E-state index is 13.6. The summed E-state index contributed by atoms with van der Waals surface area (Å²) in [4.78, 5) is 25.4. The van der Waals surface area contributed by atoms with Crippen molar-refractivity contribution < 1.29 is 14.3 Å². The number of aromatic nitrogens is 4. The number of imidazole rings is 1. The SMILES string of the molecule is O=C(O)c1cnc2nc(-c3ccncc3F)[nH]c2c1. The van der Waals surface area contributed by atoms with Gasteiger partial charge in [0.15, 0.2) is 11.5 Å². The monoisotopic (exact) mass is 258 g/mol. The summed E-state index contributed by atoms with van der Waals surface area (Å²) in [6.45, 7) is 0. The minimum absolute atomic E-state index is 0.0397. The number of aromatic carboxylic acids is 1. The van der Waals surface area contributed by atoms with E-state index in [-0.39, 0.29) is 17.0 Å². The van der Waals surface area contributed by atoms with Gasteiger partial charge in [-0.1, -0.05) is 0 Å². The van der Waals surface area contributed by atoms with Gasteiger partial charge in [0, 0.05) is 12.4 Å². The molecule has 0 fully saturated rings. The van der Waals surface area contributed by atoms with Gasteiger partial charge in [0.25, 0.3) is 0 Å². The normalized spacial score (nSPS) is 10.8. The van der Waals surface area contributed by atoms with Crippen LogP contribution < -0.4 is 0 Å². The molecule has 0 bridgehead atoms. The van der Waals surface area contributed by atoms with Crippen LogP contribution in [0.25, 0.3) is 22.6 Å². The number of rotatable bonds is 2. The van der Waals surface area contributed by atoms with Gasteiger partial charge in [0.1, 0.15) is 5.82 Å². The Bertz CT molecular complexity index is 784. The molecule has 0 spiro atoms. The summed E-state index contributed by atoms with van der Waals surface area (Å²) in [5.74, 6) is -1.31. The van der Waals surface area contributed by atoms with E-state index in [1.807, 2.05) is 0 Å². The average Bonchev–Trinajstić information content (AvgIpc) is 2.81. The number of carbonyl (C=O) groups is 1. The van der Waals surface area contributed by atoms with Crippen molar-refractivity contribution in [1.29, 1.82) is 0 Å². The molecule has 0 aliphatic carbocycles. The summed E-state index contributed by atoms with van der Waals surface area (Å²) in [6.07, 6.45) is 3.73. The number of carboxylic acids is 1. The number of halogens is 1. The van der Waals surface area contributed by atoms with E-state index in [1.165, 1.54) is 24.5 Å². The lowest BCUT2D eigenvalue weighted by Crippen LogP contribution is -1.96. The van der Waals surface area contributed by atoms with Gasteiger partial charge >= 0.3 is 5.97 Å². The number of fused-ring (bicyclic) bond motifs is 1. The molecule has 0 saturated heterocycles. The smallest absolute Gasteiger partial charge is 0.337 e. The molecule has 0 amide bonds. The molecule has 94 valence electrons. The van der Waals surface area contributed by atoms with Crippen molar-refractivity contribution in [3.63, 3.8) is 0 Å². The predicted molar refractivity (Wildman–Crippen MR) is 64.0 cm³/mol. The molecule has 6 nitrogen and oxygen atoms in total. The largest absolute Gasteiger partial charge is 0.478 e. The van der Waals surface area contributed by atoms with Gasteiger partial charge in [-0.2, -0.15) is 0 Å². The third-order valence-electron chi connectivity index (χ3n) is 2.61. The van der Waals surface area contributed by atoms with Crippen LogP contribution in [-0.2, 0) is 0 Å². The number of nitrogens with zero attached hydrogens (tertiary/aromatic N) is 3. The van der Waals surface area contributed by atoms with Crippen molar-refractivity contribution in [2.24, 2.45) is 0 Å². The van der Waals surface area contributed by atoms with Gasteiger partial charge in [-0.3, -0.25) is 4.98 Å². The van der Waals surface area contributed by atoms with E-state index in [0.717, 1.165) is 6.20 Å². The Morgan fingerprint density at radius 2 is 2.21 bits per heavy atom. The lowest BCUT2D eigenvalue weighted by Gasteiger charge is -1.96. The van der Waals surface area contributed by atoms with E-state index >= 15 is 0 Å². The highest BCUT2D eigenvalue weighted by molar-refractivity contribution is 5.91. The molecule has 0 aliphatic heterocycles. The summed E-state index contributed by atoms with van der Waals surface area (Å²) in [7, 11) is 0. The molecule has 7 heteroatoms. The van der Waals surface area contributed by atoms with Gasteiger partial charge in [0.2, 0.25) is 0 Å². The summed E-state index contributed by atoms with van der Waals surface area (Å²) in [5, 5.41) is 8.87. The number of hydrogen-bond donors (Lipinski definition) is 2. The Hall–Kier alpha value is -2.83. The third-order valence-corrected chi connectivity index (χ3v) is 2.61. The van der Waals surface area contributed by atoms with Crippen LogP contribution in [0.15, 0.2) is 30.7 Å². The predicted octanol–water partition coefficient (Wildman–Crippen LogP) is 1.86. The van der Waals surface area contributed by atoms with Crippen molar-refractivity contribution in [3.8, 4) is 11.4 Å². The number of hydrogen-bond acceptors (Lipinski definition) is 4. The zero-order valence-electron chi connectivity index (χ0n) is 9.46. The van der Waals surface area contributed by atoms with Crippen LogP contribution in [0.5, 0.6) is 0 Å². The van der Waals surface area contributed by atoms with Gasteiger partial charge in [-0.05, 0) is 12.1 Å². The molecule has 3 heterocycles. The molecule has 3 aromatic rings. The zero-order valence-corrected chi connectivity index (χ0v) is 9.46. The van der Waals surface area contributed by atoms with E-state index in [1.54, 1.807) is 0 Å². The molecule has 0 radical (unpaired) electrons. The van der Waals surface area contributed by atoms with E-state index in [4.69, 9.17) is 5.11 Å². The first-order valence-electron chi connectivity index (χ1n) is 5.34. The summed E-state index contributed by atoms with van der Waals surface area (Å²) >= 11 is 0. The van der Waals surface area contributed by atoms with Gasteiger partial charge < -0.3 is 10.1 Å². The Balaban J connectivity index is 2.17. The summed E-state index contributed by atoms with van der Waals surface area (Å²) < 4.78 is 13.6. The van der Waals surface area contributed by atoms with Crippen molar-refractivity contribution in [3.05, 3.63) is 42.1 Å². The van der Waals surface area contributed by atoms with Crippen molar-refractivity contribution in [2.75, 3.05) is 0 Å². The first-order valence-corrected chi connectivity index (χ1v) is 5.34. The summed E-state index contributed by atoms with van der Waals surface area (Å²) in [5.41, 5.74) is 1.06. The van der Waals surface area contributed by atoms with E-state index in [9.17, 15) is 9.18 Å². The molecular weight excluding hydrogens is 251 g/mol. The fourth-order valence-corrected chi connectivity index (χ4v) is 1.71. The molecule has 3 rings (SSSR count). The van der Waals surface area contributed by atoms with Crippen LogP contribution in [0.2, 0.25) is 0 Å². The van der Waals surface area contributed by atoms with Crippen LogP contribution in [-0.4, -0.2) is 31.0 Å². The number of carboxylic acid groups (broad SMARTS) is 1. The van der Waals surface area contributed by atoms with Crippen LogP contribution in [0, 0.1) is 5.82 Å². The standard InChI is InChI=1S/C12H7FN4O2/c13-8-5-14-2-1-7(8)10-16-9-3-6(12(18)19)4-15-11(9)17-10/h1-5H,(H,18,19)(H,15,16,17). The van der Waals surface area contributed by atoms with Crippen molar-refractivity contribution in [1.82, 2.24) is 19.9 Å². The van der Waals surface area contributed by atoms with E-state index in [0.29, 0.717) is 11.2 Å². The third kappa shape index (κ3) is 1.90. The Morgan fingerprint density at radius 1 is 1.37 bits per heavy atom. The molecule has 19 heavy (non-hydrogen) atoms. The Morgan fingerprint density at radius 3 is 2.95 bits per heavy atom. The quantitative estimate of drug-likeness (QED) is 0.731. The number of nitrogens with one attached hydrogen (secondary N) is 1. The second-order valence-electron chi connectivity index (χ2n) is 3.84. The highest BCUT2D eigenvalue weighted by Crippen LogP contribution is 2.21. The highest BCUT2D eigenvalue weighted by Gasteiger charge is 2.12. The molecule has 3 aromatic heterocycles. The first kappa shape index (κ1) is 11.3. The fourth-order valence-electron chi connectivity index (χ4n) is 1.71. The van der Waals surface area contributed by atoms with Crippen LogP contribution >= 0.6 is 0 Å². The van der Waals surface area contributed by atoms with Crippen LogP contribution in [0.4, 0.5) is 4.39 Å². The average molecular weight is 258 g/mol. The minimum atomic E-state index is -1.08. The maximum Gasteiger partial charge on any atom is 0.337 e. The second-order valence-corrected chi connectivity index (χ2v) is 3.84. The molecule has 0 unspecified atom stereocenters. The topological polar surface area (TPSA) is 91.8 Å². The molecule has 0 saturated carbocycles. The number of pyridine rings is 2. The van der Waals surface area contributed by atoms with Crippen LogP contribution in [0.3, 0.4) is 0 Å². The number of H-pyrrole nitrogens is 1. The maximum absolute atomic E-state index is 13.6. The summed E-state index contributed by atoms with van der Waals surface area (Å²) in [6, 6.07) is 2.88. The second kappa shape index (κ2) is 4.13. The number of aromatic amines is 1. The molecular formula is C12H7FN4O2. The van der Waals surface area contributed by atoms with E-state index in [2.05, 4.69) is 19.9 Å². The van der Waals surface area contributed by atoms with Crippen molar-refractivity contribution in [2.45, 2.75) is 0 Å². The Kier molecular flexibility index (Phi) is 2.45. The van der Waals surface area contributed by atoms with Crippen LogP contribution in [0.1, 0.15) is 10.4 Å². The molecule has 0 aliphatic rings. The Labute approximate surface area is 106 Å². The van der Waals surface area contributed by atoms with Gasteiger partial charge in [0.05, 0.1) is 22.8 Å². The van der Waals surface area contributed by atoms with E-state index < -0.39 is 11.8 Å². The van der Waals surface area contributed by atoms with Gasteiger partial charge in [-0.15, -0.1) is 0 Å². The fraction of sp³-hybridized carbons (Fsp3) is 0. The molecule has 0 aromatic carbocycles. The van der Waals surface area contributed by atoms with Gasteiger partial charge in [-0.25, -0.2) is 19.2 Å². The van der Waals surface area contributed by atoms with Crippen molar-refractivity contribution >= 4 is 17.1 Å².